The van der Waals surface area contributed by atoms with Gasteiger partial charge in [0.25, 0.3) is 0 Å². The van der Waals surface area contributed by atoms with E-state index in [9.17, 15) is 4.79 Å². The summed E-state index contributed by atoms with van der Waals surface area (Å²) in [5.41, 5.74) is 0. The van der Waals surface area contributed by atoms with E-state index < -0.39 is 0 Å². The normalized spacial score (nSPS) is 12.8. The highest BCUT2D eigenvalue weighted by atomic mass is 16.5. The van der Waals surface area contributed by atoms with Crippen molar-refractivity contribution in [1.82, 2.24) is 5.32 Å². The number of carbonyl (C=O) groups excluding carboxylic acids is 1. The van der Waals surface area contributed by atoms with Crippen LogP contribution in [-0.2, 0) is 9.53 Å². The van der Waals surface area contributed by atoms with Gasteiger partial charge in [-0.3, -0.25) is 4.79 Å². The molecule has 53 valence electrons. The first-order chi connectivity index (χ1) is 4.20. The maximum absolute atomic E-state index is 10.5. The fourth-order valence-electron chi connectivity index (χ4n) is 0.358. The second-order valence-electron chi connectivity index (χ2n) is 1.70. The van der Waals surface area contributed by atoms with Crippen LogP contribution in [0.4, 0.5) is 0 Å². The molecule has 0 aliphatic carbocycles. The number of hydrogen-bond acceptors (Lipinski definition) is 2. The van der Waals surface area contributed by atoms with E-state index in [1.54, 1.807) is 6.92 Å². The summed E-state index contributed by atoms with van der Waals surface area (Å²) in [4.78, 5) is 10.5. The molecule has 1 N–H and O–H groups in total. The molecule has 0 rings (SSSR count). The zero-order valence-corrected chi connectivity index (χ0v) is 5.81. The predicted molar refractivity (Wildman–Crippen MR) is 34.6 cm³/mol. The minimum Gasteiger partial charge on any atom is -0.362 e. The smallest absolute Gasteiger partial charge is 0.221 e. The monoisotopic (exact) mass is 130 g/mol. The Morgan fingerprint density at radius 3 is 2.78 bits per heavy atom. The molecule has 0 aromatic heterocycles. The number of nitrogens with one attached hydrogen (secondary N) is 1. The summed E-state index contributed by atoms with van der Waals surface area (Å²) in [5.74, 6) is -0.0932. The summed E-state index contributed by atoms with van der Waals surface area (Å²) in [6.45, 7) is 5.16. The van der Waals surface area contributed by atoms with E-state index in [-0.39, 0.29) is 18.6 Å². The van der Waals surface area contributed by atoms with Gasteiger partial charge in [-0.05, 0) is 13.8 Å². The molecule has 0 saturated carbocycles. The summed E-state index contributed by atoms with van der Waals surface area (Å²) in [6.07, 6.45) is 0.0486. The summed E-state index contributed by atoms with van der Waals surface area (Å²) in [5, 5.41) is 2.56. The Morgan fingerprint density at radius 2 is 2.44 bits per heavy atom. The maximum Gasteiger partial charge on any atom is 0.221 e. The molecule has 0 bridgehead atoms. The Balaban J connectivity index is 3.34. The molecule has 0 spiro atoms. The molecular weight excluding hydrogens is 118 g/mol. The summed E-state index contributed by atoms with van der Waals surface area (Å²) in [7, 11) is 1.54. The van der Waals surface area contributed by atoms with Crippen LogP contribution in [0.3, 0.4) is 0 Å². The van der Waals surface area contributed by atoms with Crippen molar-refractivity contribution >= 4 is 5.91 Å². The van der Waals surface area contributed by atoms with Gasteiger partial charge in [0.1, 0.15) is 6.23 Å². The van der Waals surface area contributed by atoms with E-state index in [1.165, 1.54) is 7.11 Å². The summed E-state index contributed by atoms with van der Waals surface area (Å²) >= 11 is 0. The van der Waals surface area contributed by atoms with E-state index in [0.29, 0.717) is 0 Å². The van der Waals surface area contributed by atoms with Crippen molar-refractivity contribution in [3.05, 3.63) is 6.92 Å². The average molecular weight is 130 g/mol. The Bertz CT molecular complexity index is 93.1. The van der Waals surface area contributed by atoms with Crippen LogP contribution in [0, 0.1) is 6.92 Å². The minimum absolute atomic E-state index is 0.0932. The lowest BCUT2D eigenvalue weighted by Crippen LogP contribution is -2.32. The molecule has 0 saturated heterocycles. The third kappa shape index (κ3) is 3.97. The van der Waals surface area contributed by atoms with E-state index in [2.05, 4.69) is 12.2 Å². The van der Waals surface area contributed by atoms with Gasteiger partial charge in [-0.2, -0.15) is 0 Å². The lowest BCUT2D eigenvalue weighted by Gasteiger charge is -2.09. The van der Waals surface area contributed by atoms with Crippen LogP contribution in [0.1, 0.15) is 13.3 Å². The second-order valence-corrected chi connectivity index (χ2v) is 1.70. The Hall–Kier alpha value is -0.570. The van der Waals surface area contributed by atoms with Gasteiger partial charge < -0.3 is 10.1 Å². The fourth-order valence-corrected chi connectivity index (χ4v) is 0.358. The van der Waals surface area contributed by atoms with Gasteiger partial charge in [0, 0.05) is 13.5 Å². The molecule has 0 aromatic rings. The number of methoxy groups -OCH3 is 1. The van der Waals surface area contributed by atoms with Crippen molar-refractivity contribution < 1.29 is 9.53 Å². The number of ether oxygens (including phenoxy) is 1. The van der Waals surface area contributed by atoms with Gasteiger partial charge >= 0.3 is 0 Å². The molecule has 0 aromatic carbocycles. The Labute approximate surface area is 55.4 Å². The van der Waals surface area contributed by atoms with Crippen molar-refractivity contribution in [3.63, 3.8) is 0 Å². The van der Waals surface area contributed by atoms with Crippen LogP contribution in [0.5, 0.6) is 0 Å². The number of hydrogen-bond donors (Lipinski definition) is 1. The molecule has 1 radical (unpaired) electrons. The van der Waals surface area contributed by atoms with Gasteiger partial charge in [-0.1, -0.05) is 0 Å². The SMILES string of the molecule is [CH2]CC(=O)NC(C)OC. The Morgan fingerprint density at radius 1 is 1.89 bits per heavy atom. The van der Waals surface area contributed by atoms with E-state index in [4.69, 9.17) is 4.74 Å². The average Bonchev–Trinajstić information content (AvgIpc) is 1.87. The van der Waals surface area contributed by atoms with Crippen molar-refractivity contribution in [1.29, 1.82) is 0 Å². The van der Waals surface area contributed by atoms with Crippen molar-refractivity contribution in [2.24, 2.45) is 0 Å². The first-order valence-corrected chi connectivity index (χ1v) is 2.82. The molecular formula is C6H12NO2. The van der Waals surface area contributed by atoms with Crippen LogP contribution in [0.15, 0.2) is 0 Å². The van der Waals surface area contributed by atoms with Gasteiger partial charge in [0.2, 0.25) is 5.91 Å². The van der Waals surface area contributed by atoms with E-state index in [0.717, 1.165) is 0 Å². The van der Waals surface area contributed by atoms with Gasteiger partial charge in [0.15, 0.2) is 0 Å². The first-order valence-electron chi connectivity index (χ1n) is 2.82. The first kappa shape index (κ1) is 8.43. The lowest BCUT2D eigenvalue weighted by atomic mass is 10.4. The molecule has 0 fully saturated rings. The molecule has 0 aliphatic rings. The van der Waals surface area contributed by atoms with E-state index in [1.807, 2.05) is 0 Å². The molecule has 1 amide bonds. The molecule has 1 unspecified atom stereocenters. The molecule has 0 heterocycles. The van der Waals surface area contributed by atoms with Gasteiger partial charge in [0.05, 0.1) is 0 Å². The topological polar surface area (TPSA) is 38.3 Å². The van der Waals surface area contributed by atoms with Crippen LogP contribution in [0.2, 0.25) is 0 Å². The fraction of sp³-hybridized carbons (Fsp3) is 0.667. The third-order valence-electron chi connectivity index (χ3n) is 0.945. The predicted octanol–water partition coefficient (Wildman–Crippen LogP) is 0.319. The summed E-state index contributed by atoms with van der Waals surface area (Å²) < 4.78 is 4.76. The quantitative estimate of drug-likeness (QED) is 0.559. The van der Waals surface area contributed by atoms with Crippen molar-refractivity contribution in [2.75, 3.05) is 7.11 Å². The third-order valence-corrected chi connectivity index (χ3v) is 0.945. The highest BCUT2D eigenvalue weighted by Crippen LogP contribution is 1.82. The largest absolute Gasteiger partial charge is 0.362 e. The van der Waals surface area contributed by atoms with Crippen LogP contribution >= 0.6 is 0 Å². The van der Waals surface area contributed by atoms with Gasteiger partial charge in [-0.15, -0.1) is 0 Å². The maximum atomic E-state index is 10.5. The zero-order valence-electron chi connectivity index (χ0n) is 5.81. The molecule has 9 heavy (non-hydrogen) atoms. The standard InChI is InChI=1S/C6H12NO2/c1-4-6(8)7-5(2)9-3/h5H,1,4H2,2-3H3,(H,7,8). The molecule has 0 aliphatic heterocycles. The van der Waals surface area contributed by atoms with Crippen molar-refractivity contribution in [3.8, 4) is 0 Å². The van der Waals surface area contributed by atoms with Crippen LogP contribution in [-0.4, -0.2) is 19.2 Å². The van der Waals surface area contributed by atoms with Crippen LogP contribution in [0.25, 0.3) is 0 Å². The number of amides is 1. The van der Waals surface area contributed by atoms with Crippen LogP contribution < -0.4 is 5.32 Å². The minimum atomic E-state index is -0.209. The Kier molecular flexibility index (Phi) is 4.05. The second kappa shape index (κ2) is 4.32. The molecule has 1 atom stereocenters. The lowest BCUT2D eigenvalue weighted by molar-refractivity contribution is -0.123. The molecule has 3 heteroatoms. The van der Waals surface area contributed by atoms with Crippen molar-refractivity contribution in [2.45, 2.75) is 19.6 Å². The van der Waals surface area contributed by atoms with Gasteiger partial charge in [-0.25, -0.2) is 0 Å². The number of rotatable bonds is 3. The number of carbonyl (C=O) groups is 1. The molecule has 3 nitrogen and oxygen atoms in total. The highest BCUT2D eigenvalue weighted by Gasteiger charge is 2.00. The zero-order chi connectivity index (χ0) is 7.28. The summed E-state index contributed by atoms with van der Waals surface area (Å²) in [6, 6.07) is 0. The highest BCUT2D eigenvalue weighted by molar-refractivity contribution is 5.76. The van der Waals surface area contributed by atoms with E-state index >= 15 is 0 Å².